The number of aliphatic imine (C=N–C) groups is 1. The molecule has 2 aromatic rings. The van der Waals surface area contributed by atoms with Gasteiger partial charge in [0.2, 0.25) is 5.96 Å². The number of nitrogens with zero attached hydrogens (tertiary/aromatic N) is 3. The fraction of sp³-hybridized carbons (Fsp3) is 0.278. The topological polar surface area (TPSA) is 30.9 Å². The van der Waals surface area contributed by atoms with E-state index in [2.05, 4.69) is 65.4 Å². The Morgan fingerprint density at radius 2 is 1.59 bits per heavy atom. The van der Waals surface area contributed by atoms with Gasteiger partial charge in [-0.25, -0.2) is 4.99 Å². The Labute approximate surface area is 132 Å². The lowest BCUT2D eigenvalue weighted by Gasteiger charge is -2.38. The molecule has 0 fully saturated rings. The molecular formula is C18H22N4. The molecule has 0 spiro atoms. The van der Waals surface area contributed by atoms with Crippen LogP contribution in [-0.2, 0) is 0 Å². The average Bonchev–Trinajstić information content (AvgIpc) is 2.57. The zero-order valence-electron chi connectivity index (χ0n) is 13.1. The van der Waals surface area contributed by atoms with E-state index in [4.69, 9.17) is 4.99 Å². The van der Waals surface area contributed by atoms with Crippen molar-refractivity contribution in [3.8, 4) is 0 Å². The van der Waals surface area contributed by atoms with E-state index in [-0.39, 0.29) is 0 Å². The Hall–Kier alpha value is -2.33. The van der Waals surface area contributed by atoms with Crippen LogP contribution in [0.15, 0.2) is 65.7 Å². The molecule has 0 bridgehead atoms. The highest BCUT2D eigenvalue weighted by Gasteiger charge is 2.23. The first-order valence-electron chi connectivity index (χ1n) is 7.67. The number of hydrogen-bond donors (Lipinski definition) is 1. The van der Waals surface area contributed by atoms with E-state index in [9.17, 15) is 0 Å². The molecule has 22 heavy (non-hydrogen) atoms. The van der Waals surface area contributed by atoms with Crippen molar-refractivity contribution in [2.75, 3.05) is 23.6 Å². The van der Waals surface area contributed by atoms with Crippen LogP contribution in [0.3, 0.4) is 0 Å². The van der Waals surface area contributed by atoms with Gasteiger partial charge in [0.25, 0.3) is 0 Å². The van der Waals surface area contributed by atoms with Crippen molar-refractivity contribution in [3.05, 3.63) is 60.7 Å². The van der Waals surface area contributed by atoms with Gasteiger partial charge in [-0.2, -0.15) is 0 Å². The molecule has 0 atom stereocenters. The maximum atomic E-state index is 4.74. The molecule has 1 N–H and O–H groups in total. The van der Waals surface area contributed by atoms with Crippen molar-refractivity contribution in [3.63, 3.8) is 0 Å². The van der Waals surface area contributed by atoms with Crippen LogP contribution < -0.4 is 10.2 Å². The molecule has 4 heteroatoms. The molecule has 4 nitrogen and oxygen atoms in total. The van der Waals surface area contributed by atoms with E-state index < -0.39 is 0 Å². The highest BCUT2D eigenvalue weighted by Crippen LogP contribution is 2.20. The van der Waals surface area contributed by atoms with Crippen LogP contribution in [-0.4, -0.2) is 30.2 Å². The Balaban J connectivity index is 1.87. The molecule has 2 aromatic carbocycles. The predicted octanol–water partition coefficient (Wildman–Crippen LogP) is 3.60. The quantitative estimate of drug-likeness (QED) is 0.938. The molecule has 0 saturated heterocycles. The zero-order chi connectivity index (χ0) is 15.4. The SMILES string of the molecule is CC(C)N1CN=C(Nc2ccccc2)N(c2ccccc2)C1. The highest BCUT2D eigenvalue weighted by molar-refractivity contribution is 6.05. The lowest BCUT2D eigenvalue weighted by Crippen LogP contribution is -2.51. The van der Waals surface area contributed by atoms with Gasteiger partial charge in [-0.05, 0) is 38.1 Å². The normalized spacial score (nSPS) is 15.8. The fourth-order valence-corrected chi connectivity index (χ4v) is 2.43. The molecule has 1 aliphatic rings. The summed E-state index contributed by atoms with van der Waals surface area (Å²) in [6.07, 6.45) is 0. The Morgan fingerprint density at radius 1 is 0.955 bits per heavy atom. The Kier molecular flexibility index (Phi) is 4.39. The summed E-state index contributed by atoms with van der Waals surface area (Å²) < 4.78 is 0. The Bertz CT molecular complexity index is 622. The molecule has 3 rings (SSSR count). The van der Waals surface area contributed by atoms with Crippen molar-refractivity contribution >= 4 is 17.3 Å². The second-order valence-corrected chi connectivity index (χ2v) is 5.70. The number of guanidine groups is 1. The van der Waals surface area contributed by atoms with E-state index in [0.29, 0.717) is 6.04 Å². The molecule has 114 valence electrons. The summed E-state index contributed by atoms with van der Waals surface area (Å²) in [7, 11) is 0. The van der Waals surface area contributed by atoms with Crippen LogP contribution in [0.2, 0.25) is 0 Å². The van der Waals surface area contributed by atoms with Gasteiger partial charge in [0, 0.05) is 17.4 Å². The van der Waals surface area contributed by atoms with E-state index in [0.717, 1.165) is 30.7 Å². The standard InChI is InChI=1S/C18H22N4/c1-15(2)21-13-19-18(20-16-9-5-3-6-10-16)22(14-21)17-11-7-4-8-12-17/h3-12,15H,13-14H2,1-2H3,(H,19,20). The van der Waals surface area contributed by atoms with Crippen molar-refractivity contribution in [2.24, 2.45) is 4.99 Å². The van der Waals surface area contributed by atoms with Crippen LogP contribution in [0.25, 0.3) is 0 Å². The Morgan fingerprint density at radius 3 is 2.23 bits per heavy atom. The van der Waals surface area contributed by atoms with Gasteiger partial charge in [0.05, 0.1) is 13.3 Å². The van der Waals surface area contributed by atoms with Gasteiger partial charge in [0.15, 0.2) is 0 Å². The van der Waals surface area contributed by atoms with Gasteiger partial charge in [-0.3, -0.25) is 9.80 Å². The van der Waals surface area contributed by atoms with Gasteiger partial charge in [0.1, 0.15) is 0 Å². The van der Waals surface area contributed by atoms with Gasteiger partial charge in [-0.15, -0.1) is 0 Å². The molecule has 0 aromatic heterocycles. The molecule has 0 radical (unpaired) electrons. The third kappa shape index (κ3) is 3.28. The second kappa shape index (κ2) is 6.62. The summed E-state index contributed by atoms with van der Waals surface area (Å²) in [5, 5.41) is 3.44. The molecule has 0 amide bonds. The predicted molar refractivity (Wildman–Crippen MR) is 93.1 cm³/mol. The average molecular weight is 294 g/mol. The van der Waals surface area contributed by atoms with Crippen LogP contribution in [0.4, 0.5) is 11.4 Å². The van der Waals surface area contributed by atoms with Crippen LogP contribution in [0.1, 0.15) is 13.8 Å². The highest BCUT2D eigenvalue weighted by atomic mass is 15.5. The largest absolute Gasteiger partial charge is 0.326 e. The fourth-order valence-electron chi connectivity index (χ4n) is 2.43. The number of nitrogens with one attached hydrogen (secondary N) is 1. The lowest BCUT2D eigenvalue weighted by atomic mass is 10.2. The number of para-hydroxylation sites is 2. The second-order valence-electron chi connectivity index (χ2n) is 5.70. The van der Waals surface area contributed by atoms with Crippen molar-refractivity contribution in [2.45, 2.75) is 19.9 Å². The van der Waals surface area contributed by atoms with Gasteiger partial charge in [-0.1, -0.05) is 36.4 Å². The van der Waals surface area contributed by atoms with Crippen LogP contribution in [0, 0.1) is 0 Å². The molecule has 1 heterocycles. The summed E-state index contributed by atoms with van der Waals surface area (Å²) >= 11 is 0. The first-order chi connectivity index (χ1) is 10.7. The monoisotopic (exact) mass is 294 g/mol. The van der Waals surface area contributed by atoms with Crippen molar-refractivity contribution in [1.82, 2.24) is 4.90 Å². The minimum absolute atomic E-state index is 0.466. The number of benzene rings is 2. The van der Waals surface area contributed by atoms with E-state index in [1.54, 1.807) is 0 Å². The van der Waals surface area contributed by atoms with Crippen molar-refractivity contribution in [1.29, 1.82) is 0 Å². The van der Waals surface area contributed by atoms with Crippen molar-refractivity contribution < 1.29 is 0 Å². The smallest absolute Gasteiger partial charge is 0.205 e. The summed E-state index contributed by atoms with van der Waals surface area (Å²) in [6.45, 7) is 5.96. The van der Waals surface area contributed by atoms with E-state index in [1.165, 1.54) is 0 Å². The van der Waals surface area contributed by atoms with Crippen LogP contribution in [0.5, 0.6) is 0 Å². The third-order valence-corrected chi connectivity index (χ3v) is 3.81. The molecular weight excluding hydrogens is 272 g/mol. The molecule has 0 aliphatic carbocycles. The minimum Gasteiger partial charge on any atom is -0.326 e. The summed E-state index contributed by atoms with van der Waals surface area (Å²) in [6, 6.07) is 21.0. The van der Waals surface area contributed by atoms with E-state index in [1.807, 2.05) is 24.3 Å². The lowest BCUT2D eigenvalue weighted by molar-refractivity contribution is 0.228. The number of hydrogen-bond acceptors (Lipinski definition) is 4. The maximum absolute atomic E-state index is 4.74. The van der Waals surface area contributed by atoms with Gasteiger partial charge < -0.3 is 5.32 Å². The summed E-state index contributed by atoms with van der Waals surface area (Å²) in [4.78, 5) is 9.30. The summed E-state index contributed by atoms with van der Waals surface area (Å²) in [5.41, 5.74) is 2.20. The zero-order valence-corrected chi connectivity index (χ0v) is 13.1. The van der Waals surface area contributed by atoms with Crippen LogP contribution >= 0.6 is 0 Å². The van der Waals surface area contributed by atoms with E-state index >= 15 is 0 Å². The third-order valence-electron chi connectivity index (χ3n) is 3.81. The maximum Gasteiger partial charge on any atom is 0.205 e. The molecule has 0 unspecified atom stereocenters. The summed E-state index contributed by atoms with van der Waals surface area (Å²) in [5.74, 6) is 0.898. The first kappa shape index (κ1) is 14.6. The first-order valence-corrected chi connectivity index (χ1v) is 7.67. The molecule has 0 saturated carbocycles. The van der Waals surface area contributed by atoms with Gasteiger partial charge >= 0.3 is 0 Å². The number of anilines is 2. The number of rotatable bonds is 3. The molecule has 1 aliphatic heterocycles. The minimum atomic E-state index is 0.466.